The predicted molar refractivity (Wildman–Crippen MR) is 167 cm³/mol. The highest BCUT2D eigenvalue weighted by Crippen LogP contribution is 2.44. The van der Waals surface area contributed by atoms with Crippen LogP contribution in [0.4, 0.5) is 11.4 Å². The number of hydrogen-bond donors (Lipinski definition) is 0. The molecule has 210 valence electrons. The van der Waals surface area contributed by atoms with E-state index >= 15 is 0 Å². The lowest BCUT2D eigenvalue weighted by atomic mass is 9.75. The maximum atomic E-state index is 6.28. The van der Waals surface area contributed by atoms with Crippen LogP contribution >= 0.6 is 0 Å². The van der Waals surface area contributed by atoms with Gasteiger partial charge in [-0.3, -0.25) is 0 Å². The number of rotatable bonds is 4. The molecule has 4 nitrogen and oxygen atoms in total. The van der Waals surface area contributed by atoms with Gasteiger partial charge in [0.15, 0.2) is 13.5 Å². The molecule has 0 unspecified atom stereocenters. The van der Waals surface area contributed by atoms with Crippen molar-refractivity contribution < 1.29 is 9.47 Å². The molecule has 7 rings (SSSR count). The van der Waals surface area contributed by atoms with Crippen molar-refractivity contribution in [3.05, 3.63) is 118 Å². The van der Waals surface area contributed by atoms with Crippen molar-refractivity contribution in [3.63, 3.8) is 0 Å². The van der Waals surface area contributed by atoms with Crippen molar-refractivity contribution in [1.29, 1.82) is 0 Å². The van der Waals surface area contributed by atoms with Crippen molar-refractivity contribution in [2.75, 3.05) is 23.3 Å². The lowest BCUT2D eigenvalue weighted by molar-refractivity contribution is 0.286. The molecular formula is C37H40N2O2. The van der Waals surface area contributed by atoms with E-state index in [2.05, 4.69) is 109 Å². The van der Waals surface area contributed by atoms with Crippen LogP contribution in [0.5, 0.6) is 11.5 Å². The van der Waals surface area contributed by atoms with Gasteiger partial charge in [-0.2, -0.15) is 0 Å². The average Bonchev–Trinajstić information content (AvgIpc) is 3.00. The Morgan fingerprint density at radius 3 is 1.83 bits per heavy atom. The third kappa shape index (κ3) is 5.28. The zero-order valence-corrected chi connectivity index (χ0v) is 24.5. The normalized spacial score (nSPS) is 20.1. The summed E-state index contributed by atoms with van der Waals surface area (Å²) in [4.78, 5) is 4.67. The number of nitrogens with zero attached hydrogens (tertiary/aromatic N) is 2. The van der Waals surface area contributed by atoms with E-state index in [1.54, 1.807) is 0 Å². The Hall–Kier alpha value is -3.92. The van der Waals surface area contributed by atoms with Crippen molar-refractivity contribution >= 4 is 11.4 Å². The number of fused-ring (bicyclic) bond motifs is 2. The summed E-state index contributed by atoms with van der Waals surface area (Å²) in [7, 11) is 0. The largest absolute Gasteiger partial charge is 0.473 e. The highest BCUT2D eigenvalue weighted by atomic mass is 16.5. The van der Waals surface area contributed by atoms with Crippen LogP contribution in [0.2, 0.25) is 0 Å². The van der Waals surface area contributed by atoms with E-state index < -0.39 is 0 Å². The second-order valence-electron chi connectivity index (χ2n) is 12.4. The second kappa shape index (κ2) is 10.8. The van der Waals surface area contributed by atoms with Crippen LogP contribution in [0.3, 0.4) is 0 Å². The summed E-state index contributed by atoms with van der Waals surface area (Å²) in [5, 5.41) is 0. The number of hydrogen-bond acceptors (Lipinski definition) is 4. The summed E-state index contributed by atoms with van der Waals surface area (Å²) in [5.41, 5.74) is 11.9. The van der Waals surface area contributed by atoms with E-state index in [1.165, 1.54) is 76.0 Å². The SMILES string of the molecule is Cc1cccc(N2COc3ccc(C4CCC(c5cc(C)c6c(c5)CN(c5cccc(C)c5)CO6)CC4)cc3C2)c1. The zero-order chi connectivity index (χ0) is 27.9. The molecule has 4 aromatic carbocycles. The predicted octanol–water partition coefficient (Wildman–Crippen LogP) is 8.77. The maximum absolute atomic E-state index is 6.28. The van der Waals surface area contributed by atoms with Gasteiger partial charge in [0.2, 0.25) is 0 Å². The van der Waals surface area contributed by atoms with Gasteiger partial charge in [0.05, 0.1) is 0 Å². The highest BCUT2D eigenvalue weighted by Gasteiger charge is 2.28. The summed E-state index contributed by atoms with van der Waals surface area (Å²) < 4.78 is 12.4. The molecule has 0 aromatic heterocycles. The van der Waals surface area contributed by atoms with Gasteiger partial charge in [0.1, 0.15) is 11.5 Å². The molecule has 1 aliphatic carbocycles. The minimum absolute atomic E-state index is 0.606. The van der Waals surface area contributed by atoms with Crippen LogP contribution in [0.25, 0.3) is 0 Å². The monoisotopic (exact) mass is 544 g/mol. The fraction of sp³-hybridized carbons (Fsp3) is 0.351. The molecule has 4 aromatic rings. The molecule has 0 saturated heterocycles. The summed E-state index contributed by atoms with van der Waals surface area (Å²) in [6, 6.07) is 29.2. The summed E-state index contributed by atoms with van der Waals surface area (Å²) in [5.74, 6) is 3.35. The van der Waals surface area contributed by atoms with Crippen molar-refractivity contribution in [1.82, 2.24) is 0 Å². The van der Waals surface area contributed by atoms with E-state index in [4.69, 9.17) is 9.47 Å². The molecule has 0 amide bonds. The van der Waals surface area contributed by atoms with Crippen LogP contribution < -0.4 is 19.3 Å². The van der Waals surface area contributed by atoms with Crippen molar-refractivity contribution in [3.8, 4) is 11.5 Å². The third-order valence-electron chi connectivity index (χ3n) is 9.33. The molecule has 2 aliphatic heterocycles. The molecular weight excluding hydrogens is 504 g/mol. The average molecular weight is 545 g/mol. The molecule has 4 heteroatoms. The Bertz CT molecular complexity index is 1570. The fourth-order valence-electron chi connectivity index (χ4n) is 7.09. The van der Waals surface area contributed by atoms with Crippen LogP contribution in [-0.2, 0) is 13.1 Å². The Morgan fingerprint density at radius 2 is 1.17 bits per heavy atom. The molecule has 1 saturated carbocycles. The second-order valence-corrected chi connectivity index (χ2v) is 12.4. The molecule has 2 heterocycles. The van der Waals surface area contributed by atoms with Crippen LogP contribution in [0.1, 0.15) is 76.5 Å². The first-order valence-corrected chi connectivity index (χ1v) is 15.2. The topological polar surface area (TPSA) is 24.9 Å². The van der Waals surface area contributed by atoms with Gasteiger partial charge in [-0.25, -0.2) is 0 Å². The quantitative estimate of drug-likeness (QED) is 0.256. The maximum Gasteiger partial charge on any atom is 0.161 e. The Morgan fingerprint density at radius 1 is 0.585 bits per heavy atom. The van der Waals surface area contributed by atoms with Gasteiger partial charge in [-0.15, -0.1) is 0 Å². The van der Waals surface area contributed by atoms with E-state index in [0.29, 0.717) is 25.3 Å². The first-order chi connectivity index (χ1) is 20.0. The van der Waals surface area contributed by atoms with E-state index in [-0.39, 0.29) is 0 Å². The van der Waals surface area contributed by atoms with Crippen molar-refractivity contribution in [2.24, 2.45) is 0 Å². The van der Waals surface area contributed by atoms with Gasteiger partial charge in [0.25, 0.3) is 0 Å². The number of anilines is 2. The molecule has 41 heavy (non-hydrogen) atoms. The first kappa shape index (κ1) is 26.0. The van der Waals surface area contributed by atoms with E-state index in [0.717, 1.165) is 24.6 Å². The molecule has 0 N–H and O–H groups in total. The fourth-order valence-corrected chi connectivity index (χ4v) is 7.09. The smallest absolute Gasteiger partial charge is 0.161 e. The van der Waals surface area contributed by atoms with Gasteiger partial charge >= 0.3 is 0 Å². The number of ether oxygens (including phenoxy) is 2. The third-order valence-corrected chi connectivity index (χ3v) is 9.33. The Balaban J connectivity index is 1.04. The van der Waals surface area contributed by atoms with Gasteiger partial charge < -0.3 is 19.3 Å². The Labute approximate surface area is 244 Å². The molecule has 0 radical (unpaired) electrons. The van der Waals surface area contributed by atoms with Crippen LogP contribution in [0, 0.1) is 20.8 Å². The first-order valence-electron chi connectivity index (χ1n) is 15.2. The number of benzene rings is 4. The Kier molecular flexibility index (Phi) is 6.86. The molecule has 0 bridgehead atoms. The van der Waals surface area contributed by atoms with E-state index in [1.807, 2.05) is 0 Å². The minimum Gasteiger partial charge on any atom is -0.473 e. The summed E-state index contributed by atoms with van der Waals surface area (Å²) >= 11 is 0. The molecule has 0 atom stereocenters. The lowest BCUT2D eigenvalue weighted by Gasteiger charge is -2.34. The minimum atomic E-state index is 0.606. The molecule has 0 spiro atoms. The molecule has 1 fully saturated rings. The van der Waals surface area contributed by atoms with Crippen molar-refractivity contribution in [2.45, 2.75) is 71.4 Å². The van der Waals surface area contributed by atoms with Gasteiger partial charge in [0, 0.05) is 35.6 Å². The zero-order valence-electron chi connectivity index (χ0n) is 24.5. The summed E-state index contributed by atoms with van der Waals surface area (Å²) in [6.45, 7) is 9.53. The molecule has 3 aliphatic rings. The number of aryl methyl sites for hydroxylation is 3. The standard InChI is InChI=1S/C37H40N2O2/c1-25-6-4-8-34(16-25)38-21-32-19-30(14-15-36(32)40-23-38)28-10-12-29(13-11-28)31-18-27(3)37-33(20-31)22-39(24-41-37)35-9-5-7-26(2)17-35/h4-9,14-20,28-29H,10-13,21-24H2,1-3H3. The van der Waals surface area contributed by atoms with Gasteiger partial charge in [-0.05, 0) is 116 Å². The lowest BCUT2D eigenvalue weighted by Crippen LogP contribution is -2.32. The van der Waals surface area contributed by atoms with E-state index in [9.17, 15) is 0 Å². The van der Waals surface area contributed by atoms with Crippen LogP contribution in [-0.4, -0.2) is 13.5 Å². The summed E-state index contributed by atoms with van der Waals surface area (Å²) in [6.07, 6.45) is 4.92. The van der Waals surface area contributed by atoms with Crippen LogP contribution in [0.15, 0.2) is 78.9 Å². The highest BCUT2D eigenvalue weighted by molar-refractivity contribution is 5.55. The van der Waals surface area contributed by atoms with Gasteiger partial charge in [-0.1, -0.05) is 48.5 Å².